The van der Waals surface area contributed by atoms with Crippen LogP contribution in [0, 0.1) is 13.8 Å². The molecule has 24 heavy (non-hydrogen) atoms. The van der Waals surface area contributed by atoms with Crippen molar-refractivity contribution in [3.05, 3.63) is 65.4 Å². The molecule has 0 amide bonds. The standard InChI is InChI=1S/C19H21NO3S/c1-13-9-10-19(14(2)11-13)24(21,22)20(4)15(3)18-12-16-7-5-6-8-17(16)23-18/h5-12,15H,1-4H3/t15-/m0/s1. The molecule has 0 aliphatic heterocycles. The molecule has 0 spiro atoms. The van der Waals surface area contributed by atoms with Crippen molar-refractivity contribution in [2.45, 2.75) is 31.7 Å². The first-order valence-corrected chi connectivity index (χ1v) is 9.28. The van der Waals surface area contributed by atoms with E-state index in [0.29, 0.717) is 10.7 Å². The number of para-hydroxylation sites is 1. The van der Waals surface area contributed by atoms with Gasteiger partial charge in [0.25, 0.3) is 0 Å². The molecule has 1 atom stereocenters. The van der Waals surface area contributed by atoms with Crippen LogP contribution in [0.25, 0.3) is 11.0 Å². The molecule has 0 saturated heterocycles. The number of hydrogen-bond donors (Lipinski definition) is 0. The maximum Gasteiger partial charge on any atom is 0.243 e. The van der Waals surface area contributed by atoms with Crippen LogP contribution in [-0.4, -0.2) is 19.8 Å². The van der Waals surface area contributed by atoms with Gasteiger partial charge in [-0.05, 0) is 44.5 Å². The SMILES string of the molecule is Cc1ccc(S(=O)(=O)N(C)[C@@H](C)c2cc3ccccc3o2)c(C)c1. The molecule has 2 aromatic carbocycles. The summed E-state index contributed by atoms with van der Waals surface area (Å²) in [6.45, 7) is 5.60. The summed E-state index contributed by atoms with van der Waals surface area (Å²) in [6.07, 6.45) is 0. The van der Waals surface area contributed by atoms with E-state index in [9.17, 15) is 8.42 Å². The Hall–Kier alpha value is -2.11. The summed E-state index contributed by atoms with van der Waals surface area (Å²) in [7, 11) is -2.01. The van der Waals surface area contributed by atoms with Gasteiger partial charge in [0.1, 0.15) is 11.3 Å². The van der Waals surface area contributed by atoms with Crippen LogP contribution in [0.4, 0.5) is 0 Å². The van der Waals surface area contributed by atoms with Crippen LogP contribution in [0.5, 0.6) is 0 Å². The van der Waals surface area contributed by atoms with Crippen LogP contribution < -0.4 is 0 Å². The van der Waals surface area contributed by atoms with Crippen LogP contribution in [0.3, 0.4) is 0 Å². The van der Waals surface area contributed by atoms with E-state index in [2.05, 4.69) is 0 Å². The second-order valence-corrected chi connectivity index (χ2v) is 8.12. The van der Waals surface area contributed by atoms with Crippen molar-refractivity contribution in [3.63, 3.8) is 0 Å². The van der Waals surface area contributed by atoms with Crippen LogP contribution in [-0.2, 0) is 10.0 Å². The molecule has 0 bridgehead atoms. The number of benzene rings is 2. The highest BCUT2D eigenvalue weighted by molar-refractivity contribution is 7.89. The molecule has 0 unspecified atom stereocenters. The number of aryl methyl sites for hydroxylation is 2. The fourth-order valence-electron chi connectivity index (χ4n) is 2.84. The van der Waals surface area contributed by atoms with Gasteiger partial charge >= 0.3 is 0 Å². The molecule has 1 heterocycles. The van der Waals surface area contributed by atoms with E-state index >= 15 is 0 Å². The Bertz CT molecular complexity index is 956. The number of rotatable bonds is 4. The monoisotopic (exact) mass is 343 g/mol. The predicted octanol–water partition coefficient (Wildman–Crippen LogP) is 4.43. The van der Waals surface area contributed by atoms with Gasteiger partial charge < -0.3 is 4.42 Å². The molecular formula is C19H21NO3S. The quantitative estimate of drug-likeness (QED) is 0.704. The third-order valence-electron chi connectivity index (χ3n) is 4.39. The maximum atomic E-state index is 13.0. The average Bonchev–Trinajstić information content (AvgIpc) is 2.97. The molecule has 0 radical (unpaired) electrons. The topological polar surface area (TPSA) is 50.5 Å². The van der Waals surface area contributed by atoms with Crippen molar-refractivity contribution in [3.8, 4) is 0 Å². The lowest BCUT2D eigenvalue weighted by atomic mass is 10.2. The Labute approximate surface area is 142 Å². The third-order valence-corrected chi connectivity index (χ3v) is 6.48. The molecular weight excluding hydrogens is 322 g/mol. The van der Waals surface area contributed by atoms with Gasteiger partial charge in [-0.25, -0.2) is 8.42 Å². The molecule has 0 aliphatic carbocycles. The molecule has 0 aliphatic rings. The van der Waals surface area contributed by atoms with E-state index in [4.69, 9.17) is 4.42 Å². The Kier molecular flexibility index (Phi) is 4.24. The number of nitrogens with zero attached hydrogens (tertiary/aromatic N) is 1. The number of hydrogen-bond acceptors (Lipinski definition) is 3. The Balaban J connectivity index is 1.98. The van der Waals surface area contributed by atoms with Gasteiger partial charge in [-0.3, -0.25) is 0 Å². The van der Waals surface area contributed by atoms with Crippen LogP contribution >= 0.6 is 0 Å². The van der Waals surface area contributed by atoms with E-state index < -0.39 is 16.1 Å². The first kappa shape index (κ1) is 16.7. The number of fused-ring (bicyclic) bond motifs is 1. The van der Waals surface area contributed by atoms with Crippen LogP contribution in [0.1, 0.15) is 29.9 Å². The van der Waals surface area contributed by atoms with Crippen molar-refractivity contribution >= 4 is 21.0 Å². The zero-order valence-electron chi connectivity index (χ0n) is 14.3. The fraction of sp³-hybridized carbons (Fsp3) is 0.263. The summed E-state index contributed by atoms with van der Waals surface area (Å²) in [6, 6.07) is 14.5. The summed E-state index contributed by atoms with van der Waals surface area (Å²) in [5, 5.41) is 0.969. The molecule has 0 N–H and O–H groups in total. The van der Waals surface area contributed by atoms with Crippen molar-refractivity contribution in [1.82, 2.24) is 4.31 Å². The number of sulfonamides is 1. The minimum absolute atomic E-state index is 0.332. The second-order valence-electron chi connectivity index (χ2n) is 6.15. The fourth-order valence-corrected chi connectivity index (χ4v) is 4.38. The van der Waals surface area contributed by atoms with Gasteiger partial charge in [0.05, 0.1) is 10.9 Å². The van der Waals surface area contributed by atoms with E-state index in [1.807, 2.05) is 63.2 Å². The van der Waals surface area contributed by atoms with Gasteiger partial charge in [-0.1, -0.05) is 35.9 Å². The minimum atomic E-state index is -3.60. The largest absolute Gasteiger partial charge is 0.459 e. The Morgan fingerprint density at radius 1 is 1.04 bits per heavy atom. The van der Waals surface area contributed by atoms with Gasteiger partial charge in [-0.2, -0.15) is 4.31 Å². The molecule has 5 heteroatoms. The van der Waals surface area contributed by atoms with Gasteiger partial charge in [0, 0.05) is 12.4 Å². The normalized spacial score (nSPS) is 13.5. The predicted molar refractivity (Wildman–Crippen MR) is 95.5 cm³/mol. The van der Waals surface area contributed by atoms with Crippen molar-refractivity contribution < 1.29 is 12.8 Å². The lowest BCUT2D eigenvalue weighted by molar-refractivity contribution is 0.348. The van der Waals surface area contributed by atoms with E-state index in [-0.39, 0.29) is 0 Å². The summed E-state index contributed by atoms with van der Waals surface area (Å²) < 4.78 is 33.1. The molecule has 4 nitrogen and oxygen atoms in total. The van der Waals surface area contributed by atoms with Gasteiger partial charge in [-0.15, -0.1) is 0 Å². The zero-order chi connectivity index (χ0) is 17.5. The van der Waals surface area contributed by atoms with E-state index in [1.54, 1.807) is 13.1 Å². The molecule has 0 saturated carbocycles. The Morgan fingerprint density at radius 2 is 1.75 bits per heavy atom. The van der Waals surface area contributed by atoms with Crippen molar-refractivity contribution in [2.24, 2.45) is 0 Å². The average molecular weight is 343 g/mol. The molecule has 3 aromatic rings. The van der Waals surface area contributed by atoms with E-state index in [1.165, 1.54) is 4.31 Å². The molecule has 0 fully saturated rings. The van der Waals surface area contributed by atoms with Crippen LogP contribution in [0.2, 0.25) is 0 Å². The van der Waals surface area contributed by atoms with Crippen molar-refractivity contribution in [1.29, 1.82) is 0 Å². The first-order valence-electron chi connectivity index (χ1n) is 7.84. The maximum absolute atomic E-state index is 13.0. The first-order chi connectivity index (χ1) is 11.3. The van der Waals surface area contributed by atoms with Crippen LogP contribution in [0.15, 0.2) is 57.8 Å². The smallest absolute Gasteiger partial charge is 0.243 e. The third kappa shape index (κ3) is 2.85. The summed E-state index contributed by atoms with van der Waals surface area (Å²) >= 11 is 0. The minimum Gasteiger partial charge on any atom is -0.459 e. The molecule has 1 aromatic heterocycles. The highest BCUT2D eigenvalue weighted by Gasteiger charge is 2.29. The molecule has 126 valence electrons. The lowest BCUT2D eigenvalue weighted by Crippen LogP contribution is -2.30. The van der Waals surface area contributed by atoms with Gasteiger partial charge in [0.2, 0.25) is 10.0 Å². The number of furan rings is 1. The summed E-state index contributed by atoms with van der Waals surface area (Å²) in [5.74, 6) is 0.632. The Morgan fingerprint density at radius 3 is 2.42 bits per heavy atom. The molecule has 3 rings (SSSR count). The summed E-state index contributed by atoms with van der Waals surface area (Å²) in [4.78, 5) is 0.332. The lowest BCUT2D eigenvalue weighted by Gasteiger charge is -2.23. The highest BCUT2D eigenvalue weighted by atomic mass is 32.2. The zero-order valence-corrected chi connectivity index (χ0v) is 15.1. The van der Waals surface area contributed by atoms with E-state index in [0.717, 1.165) is 22.1 Å². The van der Waals surface area contributed by atoms with Gasteiger partial charge in [0.15, 0.2) is 0 Å². The highest BCUT2D eigenvalue weighted by Crippen LogP contribution is 2.31. The van der Waals surface area contributed by atoms with Crippen molar-refractivity contribution in [2.75, 3.05) is 7.05 Å². The summed E-state index contributed by atoms with van der Waals surface area (Å²) in [5.41, 5.74) is 2.55. The second kappa shape index (κ2) is 6.07.